The molecule has 0 spiro atoms. The first-order valence-corrected chi connectivity index (χ1v) is 43.1. The molecule has 578 valence electrons. The number of hydrogen-bond acceptors (Lipinski definition) is 22. The fourth-order valence-electron chi connectivity index (χ4n) is 8.98. The summed E-state index contributed by atoms with van der Waals surface area (Å²) in [6, 6.07) is 58.6. The number of aliphatic carboxylic acids is 6. The molecule has 0 atom stereocenters. The van der Waals surface area contributed by atoms with E-state index >= 15 is 0 Å². The average Bonchev–Trinajstić information content (AvgIpc) is 0.827. The highest BCUT2D eigenvalue weighted by molar-refractivity contribution is 8.10. The molecule has 0 aliphatic carbocycles. The topological polar surface area (TPSA) is 354 Å². The van der Waals surface area contributed by atoms with E-state index in [0.717, 1.165) is 36.5 Å². The second-order valence-electron chi connectivity index (χ2n) is 23.0. The predicted molar refractivity (Wildman–Crippen MR) is 447 cm³/mol. The lowest BCUT2D eigenvalue weighted by molar-refractivity contribution is -0.132. The minimum Gasteiger partial charge on any atom is -0.478 e. The number of rotatable bonds is 39. The van der Waals surface area contributed by atoms with Crippen LogP contribution in [0.25, 0.3) is 36.5 Å². The largest absolute Gasteiger partial charge is 0.490 e. The molecular weight excluding hydrogens is 1610 g/mol. The molecular formula is C78H66N6O21P4S4. The normalized spacial score (nSPS) is 12.1. The number of carbonyl (C=O) groups is 6. The lowest BCUT2D eigenvalue weighted by Crippen LogP contribution is -2.17. The van der Waals surface area contributed by atoms with Gasteiger partial charge in [0.2, 0.25) is 0 Å². The molecule has 0 aliphatic rings. The SMILES string of the molecule is CN(/N=C/c1ccc(OP(=S)(Oc2ccc(/C=N/N(C)P(=S)(Oc3ccc(/C=C/C(=O)O)cc3)Oc3ccc(/C=C/C(=O)O)cc3)cc2)Oc2ccc(/C=N/N(C)P(=S)(Oc3ccc(/C=C/C(=O)O)cc3)Oc3ccc(/C=C/C(=O)O)cc3)cc2)cc1)P(=S)(Oc1ccc(/C=C/C(=O)O)cc1)Oc1ccc(/C=C/C(=O)O)cc1. The van der Waals surface area contributed by atoms with Crippen molar-refractivity contribution in [3.63, 3.8) is 0 Å². The molecule has 9 aromatic rings. The third kappa shape index (κ3) is 27.5. The molecule has 0 aromatic heterocycles. The zero-order valence-electron chi connectivity index (χ0n) is 59.4. The van der Waals surface area contributed by atoms with Crippen LogP contribution in [0.5, 0.6) is 51.7 Å². The van der Waals surface area contributed by atoms with Crippen molar-refractivity contribution >= 4 is 165 Å². The Bertz CT molecular complexity index is 4640. The van der Waals surface area contributed by atoms with Crippen LogP contribution in [0.15, 0.2) is 270 Å². The van der Waals surface area contributed by atoms with E-state index in [1.54, 1.807) is 240 Å². The van der Waals surface area contributed by atoms with Crippen LogP contribution in [0.3, 0.4) is 0 Å². The van der Waals surface area contributed by atoms with Crippen LogP contribution in [-0.4, -0.2) is 121 Å². The van der Waals surface area contributed by atoms with Crippen LogP contribution in [0, 0.1) is 0 Å². The van der Waals surface area contributed by atoms with Crippen LogP contribution in [-0.2, 0) is 76.0 Å². The molecule has 113 heavy (non-hydrogen) atoms. The molecule has 27 nitrogen and oxygen atoms in total. The standard InChI is InChI=1S/C78H66N6O21P4S4/c1-82(106(110,97-64-28-4-55(5-29-64)22-46-73(85)86)98-65-30-6-56(7-31-65)23-47-74(87)88)79-52-61-16-40-70(41-17-61)103-109(113,104-71-42-18-62(19-43-71)53-80-83(2)107(111,99-66-32-8-57(9-33-66)24-48-75(89)90)100-67-34-10-58(11-35-67)25-49-76(91)92)105-72-44-20-63(21-45-72)54-81-84(3)108(112,101-68-36-12-59(13-37-68)26-50-77(93)94)102-69-38-14-60(15-39-69)27-51-78(95)96/h4-54H,1-3H3,(H,85,86)(H,87,88)(H,89,90)(H,91,92)(H,93,94)(H,95,96)/b46-22+,47-23+,48-24+,49-25+,50-26+,51-27+,79-52+,80-53+,81-54+. The Hall–Kier alpha value is -12.6. The van der Waals surface area contributed by atoms with Crippen molar-refractivity contribution in [1.29, 1.82) is 0 Å². The fourth-order valence-corrected chi connectivity index (χ4v) is 16.6. The van der Waals surface area contributed by atoms with Crippen molar-refractivity contribution in [2.75, 3.05) is 21.1 Å². The molecule has 9 rings (SSSR count). The maximum absolute atomic E-state index is 11.2. The first-order chi connectivity index (χ1) is 53.9. The summed E-state index contributed by atoms with van der Waals surface area (Å²) >= 11 is 24.5. The van der Waals surface area contributed by atoms with Gasteiger partial charge < -0.3 is 71.4 Å². The van der Waals surface area contributed by atoms with E-state index in [2.05, 4.69) is 15.3 Å². The quantitative estimate of drug-likeness (QED) is 0.00902. The summed E-state index contributed by atoms with van der Waals surface area (Å²) in [5.41, 5.74) is 5.09. The number of carboxylic acids is 6. The van der Waals surface area contributed by atoms with Crippen molar-refractivity contribution in [2.24, 2.45) is 15.3 Å². The molecule has 0 bridgehead atoms. The zero-order chi connectivity index (χ0) is 81.1. The van der Waals surface area contributed by atoms with Crippen LogP contribution in [0.4, 0.5) is 0 Å². The van der Waals surface area contributed by atoms with Crippen molar-refractivity contribution in [3.05, 3.63) is 305 Å². The smallest absolute Gasteiger partial charge is 0.478 e. The van der Waals surface area contributed by atoms with E-state index in [-0.39, 0.29) is 51.7 Å². The fraction of sp³-hybridized carbons (Fsp3) is 0.0385. The van der Waals surface area contributed by atoms with Crippen LogP contribution < -0.4 is 40.7 Å². The first kappa shape index (κ1) is 84.5. The van der Waals surface area contributed by atoms with Gasteiger partial charge in [0.25, 0.3) is 0 Å². The number of benzene rings is 9. The first-order valence-electron chi connectivity index (χ1n) is 32.8. The zero-order valence-corrected chi connectivity index (χ0v) is 66.2. The Labute approximate surface area is 668 Å². The molecule has 35 heteroatoms. The predicted octanol–water partition coefficient (Wildman–Crippen LogP) is 17.0. The Balaban J connectivity index is 0.979. The molecule has 9 aromatic carbocycles. The highest BCUT2D eigenvalue weighted by Crippen LogP contribution is 2.55. The second-order valence-corrected chi connectivity index (χ2v) is 35.6. The van der Waals surface area contributed by atoms with E-state index in [1.165, 1.54) is 69.4 Å². The van der Waals surface area contributed by atoms with Gasteiger partial charge in [-0.25, -0.2) is 43.1 Å². The third-order valence-corrected chi connectivity index (χ3v) is 25.1. The Kier molecular flexibility index (Phi) is 29.8. The summed E-state index contributed by atoms with van der Waals surface area (Å²) in [6.45, 7) is -14.8. The van der Waals surface area contributed by atoms with E-state index in [0.29, 0.717) is 50.1 Å². The second kappa shape index (κ2) is 39.9. The molecule has 0 fully saturated rings. The number of carboxylic acid groups (broad SMARTS) is 6. The van der Waals surface area contributed by atoms with Crippen LogP contribution in [0.1, 0.15) is 50.1 Å². The van der Waals surface area contributed by atoms with Gasteiger partial charge in [-0.05, 0) is 232 Å². The molecule has 0 unspecified atom stereocenters. The van der Waals surface area contributed by atoms with Gasteiger partial charge in [-0.1, -0.05) is 72.8 Å². The van der Waals surface area contributed by atoms with E-state index in [1.807, 2.05) is 0 Å². The van der Waals surface area contributed by atoms with Gasteiger partial charge in [-0.3, -0.25) is 0 Å². The molecule has 0 amide bonds. The maximum Gasteiger partial charge on any atom is 0.490 e. The highest BCUT2D eigenvalue weighted by Gasteiger charge is 2.33. The van der Waals surface area contributed by atoms with Gasteiger partial charge in [0, 0.05) is 105 Å². The number of hydrazone groups is 3. The van der Waals surface area contributed by atoms with Gasteiger partial charge in [-0.2, -0.15) is 15.3 Å². The summed E-state index contributed by atoms with van der Waals surface area (Å²) in [4.78, 5) is 67.1. The molecule has 0 heterocycles. The van der Waals surface area contributed by atoms with E-state index < -0.39 is 62.5 Å². The molecule has 0 saturated heterocycles. The van der Waals surface area contributed by atoms with Crippen molar-refractivity contribution in [3.8, 4) is 51.7 Å². The summed E-state index contributed by atoms with van der Waals surface area (Å²) in [5.74, 6) is -4.37. The molecule has 0 saturated carbocycles. The lowest BCUT2D eigenvalue weighted by atomic mass is 10.2. The van der Waals surface area contributed by atoms with Gasteiger partial charge in [-0.15, -0.1) is 0 Å². The summed E-state index contributed by atoms with van der Waals surface area (Å²) in [6.07, 6.45) is 19.0. The number of nitrogens with zero attached hydrogens (tertiary/aromatic N) is 6. The van der Waals surface area contributed by atoms with Crippen LogP contribution in [0.2, 0.25) is 0 Å². The summed E-state index contributed by atoms with van der Waals surface area (Å²) in [7, 11) is 4.70. The minimum absolute atomic E-state index is 0.215. The highest BCUT2D eigenvalue weighted by atomic mass is 32.5. The van der Waals surface area contributed by atoms with Gasteiger partial charge in [0.1, 0.15) is 51.7 Å². The van der Waals surface area contributed by atoms with E-state index in [4.69, 9.17) is 119 Å². The summed E-state index contributed by atoms with van der Waals surface area (Å²) < 4.78 is 61.8. The van der Waals surface area contributed by atoms with Crippen LogP contribution >= 0.6 is 26.6 Å². The Morgan fingerprint density at radius 3 is 0.522 bits per heavy atom. The average molecular weight is 1680 g/mol. The third-order valence-electron chi connectivity index (χ3n) is 14.6. The monoisotopic (exact) mass is 1670 g/mol. The molecule has 6 N–H and O–H groups in total. The van der Waals surface area contributed by atoms with Crippen molar-refractivity contribution in [1.82, 2.24) is 14.3 Å². The van der Waals surface area contributed by atoms with Crippen molar-refractivity contribution in [2.45, 2.75) is 0 Å². The van der Waals surface area contributed by atoms with E-state index in [9.17, 15) is 28.8 Å². The van der Waals surface area contributed by atoms with Crippen molar-refractivity contribution < 1.29 is 100 Å². The maximum atomic E-state index is 11.2. The molecule has 0 aliphatic heterocycles. The van der Waals surface area contributed by atoms with Gasteiger partial charge in [0.15, 0.2) is 0 Å². The lowest BCUT2D eigenvalue weighted by Gasteiger charge is -2.29. The van der Waals surface area contributed by atoms with Gasteiger partial charge in [0.05, 0.1) is 18.6 Å². The minimum atomic E-state index is -3.96. The summed E-state index contributed by atoms with van der Waals surface area (Å²) in [5, 5.41) is 68.8. The Morgan fingerprint density at radius 1 is 0.248 bits per heavy atom. The number of hydrogen-bond donors (Lipinski definition) is 6. The Morgan fingerprint density at radius 2 is 0.381 bits per heavy atom. The molecule has 0 radical (unpaired) electrons. The van der Waals surface area contributed by atoms with Gasteiger partial charge >= 0.3 is 62.5 Å².